The Morgan fingerprint density at radius 1 is 1.17 bits per heavy atom. The van der Waals surface area contributed by atoms with Gasteiger partial charge in [0, 0.05) is 28.2 Å². The van der Waals surface area contributed by atoms with Crippen LogP contribution in [-0.2, 0) is 0 Å². The van der Waals surface area contributed by atoms with Crippen LogP contribution in [0.15, 0.2) is 48.5 Å². The number of rotatable bonds is 4. The first-order chi connectivity index (χ1) is 11.0. The van der Waals surface area contributed by atoms with Crippen molar-refractivity contribution in [2.24, 2.45) is 0 Å². The van der Waals surface area contributed by atoms with Gasteiger partial charge in [-0.25, -0.2) is 4.98 Å². The molecule has 2 aromatic carbocycles. The average Bonchev–Trinajstić information content (AvgIpc) is 2.54. The molecule has 0 radical (unpaired) electrons. The molecule has 23 heavy (non-hydrogen) atoms. The zero-order valence-electron chi connectivity index (χ0n) is 13.2. The number of aliphatic hydroxyl groups excluding tert-OH is 1. The van der Waals surface area contributed by atoms with Crippen LogP contribution in [0.3, 0.4) is 0 Å². The molecule has 0 fully saturated rings. The van der Waals surface area contributed by atoms with Crippen LogP contribution in [0.25, 0.3) is 22.2 Å². The highest BCUT2D eigenvalue weighted by Gasteiger charge is 2.09. The highest BCUT2D eigenvalue weighted by Crippen LogP contribution is 2.30. The van der Waals surface area contributed by atoms with E-state index >= 15 is 0 Å². The number of para-hydroxylation sites is 1. The quantitative estimate of drug-likeness (QED) is 0.733. The molecule has 4 heteroatoms. The molecule has 0 aliphatic carbocycles. The molecule has 0 unspecified atom stereocenters. The van der Waals surface area contributed by atoms with Gasteiger partial charge in [-0.15, -0.1) is 0 Å². The van der Waals surface area contributed by atoms with Gasteiger partial charge >= 0.3 is 0 Å². The molecule has 0 bridgehead atoms. The highest BCUT2D eigenvalue weighted by atomic mass is 35.5. The van der Waals surface area contributed by atoms with E-state index < -0.39 is 6.10 Å². The first kappa shape index (κ1) is 15.8. The van der Waals surface area contributed by atoms with Crippen molar-refractivity contribution in [3.63, 3.8) is 0 Å². The minimum atomic E-state index is -0.417. The zero-order chi connectivity index (χ0) is 16.4. The van der Waals surface area contributed by atoms with Crippen LogP contribution in [-0.4, -0.2) is 22.7 Å². The van der Waals surface area contributed by atoms with Crippen LogP contribution >= 0.6 is 11.6 Å². The van der Waals surface area contributed by atoms with Crippen molar-refractivity contribution in [2.75, 3.05) is 11.9 Å². The number of nitrogens with zero attached hydrogens (tertiary/aromatic N) is 1. The van der Waals surface area contributed by atoms with Crippen LogP contribution in [0, 0.1) is 6.92 Å². The molecular weight excluding hydrogens is 308 g/mol. The lowest BCUT2D eigenvalue weighted by Gasteiger charge is -2.13. The second-order valence-electron chi connectivity index (χ2n) is 5.77. The summed E-state index contributed by atoms with van der Waals surface area (Å²) in [6.07, 6.45) is -0.417. The van der Waals surface area contributed by atoms with Crippen LogP contribution in [0.4, 0.5) is 5.69 Å². The number of aliphatic hydroxyl groups is 1. The topological polar surface area (TPSA) is 45.1 Å². The number of pyridine rings is 1. The molecule has 118 valence electrons. The fourth-order valence-corrected chi connectivity index (χ4v) is 2.66. The van der Waals surface area contributed by atoms with E-state index in [1.807, 2.05) is 55.5 Å². The number of hydrogen-bond acceptors (Lipinski definition) is 3. The SMILES string of the molecule is Cc1ccc(-c2cc(NC[C@H](C)O)c3ccccc3n2)cc1Cl. The van der Waals surface area contributed by atoms with Crippen LogP contribution in [0.5, 0.6) is 0 Å². The maximum Gasteiger partial charge on any atom is 0.0730 e. The minimum absolute atomic E-state index is 0.417. The number of hydrogen-bond donors (Lipinski definition) is 2. The Balaban J connectivity index is 2.11. The predicted octanol–water partition coefficient (Wildman–Crippen LogP) is 4.66. The predicted molar refractivity (Wildman–Crippen MR) is 97.1 cm³/mol. The Labute approximate surface area is 140 Å². The molecule has 2 N–H and O–H groups in total. The van der Waals surface area contributed by atoms with Gasteiger partial charge in [-0.2, -0.15) is 0 Å². The van der Waals surface area contributed by atoms with E-state index in [1.165, 1.54) is 0 Å². The first-order valence-electron chi connectivity index (χ1n) is 7.63. The molecule has 1 atom stereocenters. The lowest BCUT2D eigenvalue weighted by atomic mass is 10.1. The number of anilines is 1. The van der Waals surface area contributed by atoms with Gasteiger partial charge < -0.3 is 10.4 Å². The van der Waals surface area contributed by atoms with Gasteiger partial charge in [0.15, 0.2) is 0 Å². The van der Waals surface area contributed by atoms with Crippen molar-refractivity contribution in [3.05, 3.63) is 59.1 Å². The third-order valence-electron chi connectivity index (χ3n) is 3.77. The van der Waals surface area contributed by atoms with E-state index in [4.69, 9.17) is 16.6 Å². The second-order valence-corrected chi connectivity index (χ2v) is 6.17. The van der Waals surface area contributed by atoms with E-state index in [0.29, 0.717) is 6.54 Å². The van der Waals surface area contributed by atoms with Crippen LogP contribution in [0.2, 0.25) is 5.02 Å². The van der Waals surface area contributed by atoms with Gasteiger partial charge in [-0.05, 0) is 37.6 Å². The summed E-state index contributed by atoms with van der Waals surface area (Å²) in [5.41, 5.74) is 4.76. The van der Waals surface area contributed by atoms with Crippen molar-refractivity contribution in [2.45, 2.75) is 20.0 Å². The Morgan fingerprint density at radius 2 is 1.96 bits per heavy atom. The fraction of sp³-hybridized carbons (Fsp3) is 0.211. The van der Waals surface area contributed by atoms with E-state index in [1.54, 1.807) is 6.92 Å². The summed E-state index contributed by atoms with van der Waals surface area (Å²) in [5.74, 6) is 0. The number of aromatic nitrogens is 1. The zero-order valence-corrected chi connectivity index (χ0v) is 13.9. The Hall–Kier alpha value is -2.10. The summed E-state index contributed by atoms with van der Waals surface area (Å²) in [5, 5.41) is 14.6. The van der Waals surface area contributed by atoms with Gasteiger partial charge in [0.05, 0.1) is 17.3 Å². The molecule has 3 aromatic rings. The minimum Gasteiger partial charge on any atom is -0.392 e. The number of benzene rings is 2. The van der Waals surface area contributed by atoms with E-state index in [2.05, 4.69) is 5.32 Å². The molecule has 0 aliphatic rings. The number of nitrogens with one attached hydrogen (secondary N) is 1. The molecule has 0 saturated carbocycles. The average molecular weight is 327 g/mol. The van der Waals surface area contributed by atoms with Crippen molar-refractivity contribution in [3.8, 4) is 11.3 Å². The van der Waals surface area contributed by atoms with E-state index in [0.717, 1.165) is 38.4 Å². The molecule has 0 spiro atoms. The van der Waals surface area contributed by atoms with Crippen molar-refractivity contribution < 1.29 is 5.11 Å². The van der Waals surface area contributed by atoms with E-state index in [9.17, 15) is 5.11 Å². The molecule has 0 aliphatic heterocycles. The third-order valence-corrected chi connectivity index (χ3v) is 4.18. The molecule has 0 saturated heterocycles. The molecule has 3 nitrogen and oxygen atoms in total. The number of aryl methyl sites for hydroxylation is 1. The summed E-state index contributed by atoms with van der Waals surface area (Å²) in [4.78, 5) is 4.74. The Kier molecular flexibility index (Phi) is 4.51. The van der Waals surface area contributed by atoms with Crippen molar-refractivity contribution >= 4 is 28.2 Å². The maximum absolute atomic E-state index is 9.54. The highest BCUT2D eigenvalue weighted by molar-refractivity contribution is 6.31. The van der Waals surface area contributed by atoms with Crippen molar-refractivity contribution in [1.29, 1.82) is 0 Å². The Morgan fingerprint density at radius 3 is 2.70 bits per heavy atom. The van der Waals surface area contributed by atoms with Gasteiger partial charge in [0.2, 0.25) is 0 Å². The molecular formula is C19H19ClN2O. The largest absolute Gasteiger partial charge is 0.392 e. The lowest BCUT2D eigenvalue weighted by molar-refractivity contribution is 0.208. The first-order valence-corrected chi connectivity index (χ1v) is 8.00. The second kappa shape index (κ2) is 6.57. The standard InChI is InChI=1S/C19H19ClN2O/c1-12-7-8-14(9-16(12)20)18-10-19(21-11-13(2)23)15-5-3-4-6-17(15)22-18/h3-10,13,23H,11H2,1-2H3,(H,21,22)/t13-/m0/s1. The molecule has 1 heterocycles. The van der Waals surface area contributed by atoms with E-state index in [-0.39, 0.29) is 0 Å². The van der Waals surface area contributed by atoms with Gasteiger partial charge in [0.25, 0.3) is 0 Å². The van der Waals surface area contributed by atoms with Crippen LogP contribution < -0.4 is 5.32 Å². The summed E-state index contributed by atoms with van der Waals surface area (Å²) in [6.45, 7) is 4.23. The summed E-state index contributed by atoms with van der Waals surface area (Å²) >= 11 is 6.25. The van der Waals surface area contributed by atoms with Gasteiger partial charge in [-0.1, -0.05) is 41.9 Å². The third kappa shape index (κ3) is 3.46. The normalized spacial score (nSPS) is 12.3. The molecule has 1 aromatic heterocycles. The smallest absolute Gasteiger partial charge is 0.0730 e. The summed E-state index contributed by atoms with van der Waals surface area (Å²) < 4.78 is 0. The van der Waals surface area contributed by atoms with Crippen LogP contribution in [0.1, 0.15) is 12.5 Å². The maximum atomic E-state index is 9.54. The molecule has 0 amide bonds. The lowest BCUT2D eigenvalue weighted by Crippen LogP contribution is -2.15. The number of halogens is 1. The molecule has 3 rings (SSSR count). The van der Waals surface area contributed by atoms with Gasteiger partial charge in [0.1, 0.15) is 0 Å². The van der Waals surface area contributed by atoms with Gasteiger partial charge in [-0.3, -0.25) is 0 Å². The Bertz CT molecular complexity index is 846. The summed E-state index contributed by atoms with van der Waals surface area (Å²) in [7, 11) is 0. The fourth-order valence-electron chi connectivity index (χ4n) is 2.48. The number of fused-ring (bicyclic) bond motifs is 1. The van der Waals surface area contributed by atoms with Crippen molar-refractivity contribution in [1.82, 2.24) is 4.98 Å². The monoisotopic (exact) mass is 326 g/mol. The summed E-state index contributed by atoms with van der Waals surface area (Å²) in [6, 6.07) is 15.9.